The highest BCUT2D eigenvalue weighted by atomic mass is 32.1. The van der Waals surface area contributed by atoms with E-state index >= 15 is 0 Å². The Bertz CT molecular complexity index is 452. The van der Waals surface area contributed by atoms with Crippen molar-refractivity contribution >= 4 is 17.3 Å². The van der Waals surface area contributed by atoms with Gasteiger partial charge in [-0.05, 0) is 45.7 Å². The topological polar surface area (TPSA) is 45.7 Å². The molecule has 2 rings (SSSR count). The Morgan fingerprint density at radius 2 is 2.38 bits per heavy atom. The first kappa shape index (κ1) is 16.3. The lowest BCUT2D eigenvalue weighted by Crippen LogP contribution is -2.43. The van der Waals surface area contributed by atoms with Gasteiger partial charge in [0.2, 0.25) is 0 Å². The number of thiophene rings is 1. The molecule has 0 aliphatic carbocycles. The van der Waals surface area contributed by atoms with Crippen LogP contribution >= 0.6 is 11.3 Å². The molecular weight excluding hydrogens is 282 g/mol. The molecule has 1 fully saturated rings. The highest BCUT2D eigenvalue weighted by molar-refractivity contribution is 7.11. The molecule has 0 aromatic carbocycles. The molecule has 1 aliphatic rings. The van der Waals surface area contributed by atoms with Crippen molar-refractivity contribution in [1.29, 1.82) is 0 Å². The average molecular weight is 309 g/mol. The summed E-state index contributed by atoms with van der Waals surface area (Å²) in [4.78, 5) is 7.45. The molecule has 2 N–H and O–H groups in total. The van der Waals surface area contributed by atoms with Gasteiger partial charge in [-0.1, -0.05) is 0 Å². The van der Waals surface area contributed by atoms with Crippen LogP contribution in [-0.4, -0.2) is 37.8 Å². The first-order valence-corrected chi connectivity index (χ1v) is 8.70. The molecule has 1 saturated heterocycles. The van der Waals surface area contributed by atoms with Gasteiger partial charge in [0.25, 0.3) is 0 Å². The summed E-state index contributed by atoms with van der Waals surface area (Å²) < 4.78 is 5.62. The van der Waals surface area contributed by atoms with Crippen LogP contribution in [0.1, 0.15) is 36.4 Å². The minimum atomic E-state index is 0.302. The van der Waals surface area contributed by atoms with Crippen molar-refractivity contribution in [2.24, 2.45) is 4.99 Å². The summed E-state index contributed by atoms with van der Waals surface area (Å²) in [6.45, 7) is 8.96. The fourth-order valence-electron chi connectivity index (χ4n) is 2.48. The van der Waals surface area contributed by atoms with Crippen LogP contribution in [0.5, 0.6) is 0 Å². The van der Waals surface area contributed by atoms with Gasteiger partial charge in [-0.2, -0.15) is 0 Å². The van der Waals surface area contributed by atoms with Crippen LogP contribution in [0.15, 0.2) is 17.1 Å². The van der Waals surface area contributed by atoms with Crippen molar-refractivity contribution in [3.05, 3.63) is 21.9 Å². The van der Waals surface area contributed by atoms with E-state index in [0.29, 0.717) is 12.1 Å². The van der Waals surface area contributed by atoms with Gasteiger partial charge >= 0.3 is 0 Å². The van der Waals surface area contributed by atoms with Crippen LogP contribution < -0.4 is 10.6 Å². The minimum Gasteiger partial charge on any atom is -0.376 e. The zero-order valence-electron chi connectivity index (χ0n) is 13.3. The number of aryl methyl sites for hydroxylation is 1. The average Bonchev–Trinajstić information content (AvgIpc) is 3.08. The summed E-state index contributed by atoms with van der Waals surface area (Å²) in [6.07, 6.45) is 3.63. The predicted octanol–water partition coefficient (Wildman–Crippen LogP) is 2.72. The smallest absolute Gasteiger partial charge is 0.191 e. The zero-order chi connectivity index (χ0) is 15.1. The number of aliphatic imine (C=N–C) groups is 1. The Labute approximate surface area is 132 Å². The maximum absolute atomic E-state index is 5.62. The van der Waals surface area contributed by atoms with Crippen LogP contribution in [0.2, 0.25) is 0 Å². The fourth-order valence-corrected chi connectivity index (χ4v) is 3.50. The zero-order valence-corrected chi connectivity index (χ0v) is 14.1. The summed E-state index contributed by atoms with van der Waals surface area (Å²) in [7, 11) is 0. The molecule has 4 nitrogen and oxygen atoms in total. The Hall–Kier alpha value is -1.07. The second kappa shape index (κ2) is 8.39. The lowest BCUT2D eigenvalue weighted by Gasteiger charge is -2.18. The van der Waals surface area contributed by atoms with Crippen molar-refractivity contribution < 1.29 is 4.74 Å². The molecular formula is C16H27N3OS. The molecule has 0 spiro atoms. The van der Waals surface area contributed by atoms with Gasteiger partial charge in [0, 0.05) is 35.4 Å². The largest absolute Gasteiger partial charge is 0.376 e. The summed E-state index contributed by atoms with van der Waals surface area (Å²) in [5.41, 5.74) is 0. The summed E-state index contributed by atoms with van der Waals surface area (Å²) in [5, 5.41) is 6.80. The number of rotatable bonds is 6. The van der Waals surface area contributed by atoms with Crippen molar-refractivity contribution in [3.8, 4) is 0 Å². The summed E-state index contributed by atoms with van der Waals surface area (Å²) in [6, 6.07) is 4.77. The number of nitrogens with one attached hydrogen (secondary N) is 2. The highest BCUT2D eigenvalue weighted by Gasteiger charge is 2.15. The van der Waals surface area contributed by atoms with E-state index in [0.717, 1.165) is 44.9 Å². The molecule has 1 aromatic rings. The summed E-state index contributed by atoms with van der Waals surface area (Å²) >= 11 is 1.87. The number of nitrogens with zero attached hydrogens (tertiary/aromatic N) is 1. The van der Waals surface area contributed by atoms with E-state index in [1.165, 1.54) is 9.75 Å². The Balaban J connectivity index is 1.83. The second-order valence-corrected chi connectivity index (χ2v) is 6.99. The SMILES string of the molecule is CCNC(=NCC1CCCO1)NC(C)Cc1ccc(C)s1. The van der Waals surface area contributed by atoms with E-state index in [-0.39, 0.29) is 0 Å². The van der Waals surface area contributed by atoms with Crippen molar-refractivity contribution in [1.82, 2.24) is 10.6 Å². The van der Waals surface area contributed by atoms with Crippen molar-refractivity contribution in [3.63, 3.8) is 0 Å². The lowest BCUT2D eigenvalue weighted by molar-refractivity contribution is 0.117. The molecule has 5 heteroatoms. The number of hydrogen-bond donors (Lipinski definition) is 2. The third-order valence-electron chi connectivity index (χ3n) is 3.51. The predicted molar refractivity (Wildman–Crippen MR) is 90.3 cm³/mol. The van der Waals surface area contributed by atoms with Gasteiger partial charge in [-0.3, -0.25) is 4.99 Å². The van der Waals surface area contributed by atoms with Crippen LogP contribution in [0.25, 0.3) is 0 Å². The van der Waals surface area contributed by atoms with Crippen molar-refractivity contribution in [2.45, 2.75) is 52.2 Å². The maximum Gasteiger partial charge on any atom is 0.191 e. The standard InChI is InChI=1S/C16H27N3OS/c1-4-17-16(18-11-14-6-5-9-20-14)19-12(2)10-15-8-7-13(3)21-15/h7-8,12,14H,4-6,9-11H2,1-3H3,(H2,17,18,19). The molecule has 2 heterocycles. The molecule has 118 valence electrons. The van der Waals surface area contributed by atoms with E-state index in [9.17, 15) is 0 Å². The molecule has 0 amide bonds. The monoisotopic (exact) mass is 309 g/mol. The molecule has 0 radical (unpaired) electrons. The molecule has 2 unspecified atom stereocenters. The summed E-state index contributed by atoms with van der Waals surface area (Å²) in [5.74, 6) is 0.897. The van der Waals surface area contributed by atoms with Gasteiger partial charge in [0.05, 0.1) is 12.6 Å². The van der Waals surface area contributed by atoms with Gasteiger partial charge in [0.15, 0.2) is 5.96 Å². The number of hydrogen-bond acceptors (Lipinski definition) is 3. The number of ether oxygens (including phenoxy) is 1. The first-order valence-electron chi connectivity index (χ1n) is 7.89. The van der Waals surface area contributed by atoms with E-state index in [1.807, 2.05) is 11.3 Å². The molecule has 0 bridgehead atoms. The second-order valence-electron chi connectivity index (χ2n) is 5.62. The van der Waals surface area contributed by atoms with Gasteiger partial charge in [-0.15, -0.1) is 11.3 Å². The highest BCUT2D eigenvalue weighted by Crippen LogP contribution is 2.16. The van der Waals surface area contributed by atoms with Crippen LogP contribution in [0.4, 0.5) is 0 Å². The molecule has 2 atom stereocenters. The van der Waals surface area contributed by atoms with E-state index in [1.54, 1.807) is 0 Å². The van der Waals surface area contributed by atoms with Crippen LogP contribution in [0, 0.1) is 6.92 Å². The lowest BCUT2D eigenvalue weighted by atomic mass is 10.2. The van der Waals surface area contributed by atoms with Crippen molar-refractivity contribution in [2.75, 3.05) is 19.7 Å². The molecule has 1 aromatic heterocycles. The Kier molecular flexibility index (Phi) is 6.51. The third kappa shape index (κ3) is 5.67. The molecule has 21 heavy (non-hydrogen) atoms. The Morgan fingerprint density at radius 3 is 3.00 bits per heavy atom. The molecule has 1 aliphatic heterocycles. The van der Waals surface area contributed by atoms with Gasteiger partial charge < -0.3 is 15.4 Å². The first-order chi connectivity index (χ1) is 10.2. The maximum atomic E-state index is 5.62. The quantitative estimate of drug-likeness (QED) is 0.627. The van der Waals surface area contributed by atoms with Gasteiger partial charge in [0.1, 0.15) is 0 Å². The normalized spacial score (nSPS) is 20.5. The van der Waals surface area contributed by atoms with E-state index in [4.69, 9.17) is 4.74 Å². The minimum absolute atomic E-state index is 0.302. The van der Waals surface area contributed by atoms with E-state index in [2.05, 4.69) is 48.5 Å². The Morgan fingerprint density at radius 1 is 1.52 bits per heavy atom. The molecule has 0 saturated carbocycles. The fraction of sp³-hybridized carbons (Fsp3) is 0.688. The van der Waals surface area contributed by atoms with E-state index < -0.39 is 0 Å². The van der Waals surface area contributed by atoms with Crippen LogP contribution in [-0.2, 0) is 11.2 Å². The number of guanidine groups is 1. The van der Waals surface area contributed by atoms with Gasteiger partial charge in [-0.25, -0.2) is 0 Å². The third-order valence-corrected chi connectivity index (χ3v) is 4.53. The van der Waals surface area contributed by atoms with Crippen LogP contribution in [0.3, 0.4) is 0 Å².